The van der Waals surface area contributed by atoms with Crippen LogP contribution in [0.2, 0.25) is 0 Å². The Balaban J connectivity index is 3.91. The molecule has 56 valence electrons. The van der Waals surface area contributed by atoms with Crippen LogP contribution in [0.5, 0.6) is 0 Å². The SMILES string of the molecule is CC(Cl)(C#N)CC(Cl)C=O. The summed E-state index contributed by atoms with van der Waals surface area (Å²) in [5.74, 6) is 0. The molecular weight excluding hydrogens is 173 g/mol. The van der Waals surface area contributed by atoms with E-state index in [2.05, 4.69) is 0 Å². The molecule has 0 aromatic heterocycles. The van der Waals surface area contributed by atoms with E-state index in [-0.39, 0.29) is 6.42 Å². The first kappa shape index (κ1) is 9.74. The standard InChI is InChI=1S/C6H7Cl2NO/c1-6(8,4-9)2-5(7)3-10/h3,5H,2H2,1H3. The molecule has 2 nitrogen and oxygen atoms in total. The Morgan fingerprint density at radius 2 is 2.40 bits per heavy atom. The van der Waals surface area contributed by atoms with E-state index >= 15 is 0 Å². The van der Waals surface area contributed by atoms with Crippen molar-refractivity contribution in [1.29, 1.82) is 5.26 Å². The second kappa shape index (κ2) is 3.80. The van der Waals surface area contributed by atoms with Gasteiger partial charge in [0, 0.05) is 6.42 Å². The van der Waals surface area contributed by atoms with E-state index < -0.39 is 10.3 Å². The fourth-order valence-corrected chi connectivity index (χ4v) is 1.01. The number of halogens is 2. The van der Waals surface area contributed by atoms with Crippen molar-refractivity contribution < 1.29 is 4.79 Å². The second-order valence-corrected chi connectivity index (χ2v) is 3.56. The molecule has 4 heteroatoms. The third-order valence-electron chi connectivity index (χ3n) is 0.959. The van der Waals surface area contributed by atoms with E-state index in [1.165, 1.54) is 6.92 Å². The van der Waals surface area contributed by atoms with Crippen LogP contribution in [0.3, 0.4) is 0 Å². The van der Waals surface area contributed by atoms with Crippen LogP contribution < -0.4 is 0 Å². The number of hydrogen-bond acceptors (Lipinski definition) is 2. The zero-order valence-corrected chi connectivity index (χ0v) is 6.99. The second-order valence-electron chi connectivity index (χ2n) is 2.17. The van der Waals surface area contributed by atoms with Gasteiger partial charge in [0.05, 0.1) is 11.4 Å². The van der Waals surface area contributed by atoms with Gasteiger partial charge in [-0.25, -0.2) is 0 Å². The summed E-state index contributed by atoms with van der Waals surface area (Å²) >= 11 is 11.0. The predicted octanol–water partition coefficient (Wildman–Crippen LogP) is 1.70. The Kier molecular flexibility index (Phi) is 3.70. The van der Waals surface area contributed by atoms with Crippen molar-refractivity contribution in [2.45, 2.75) is 23.6 Å². The molecule has 0 saturated heterocycles. The molecule has 0 aromatic rings. The van der Waals surface area contributed by atoms with Crippen molar-refractivity contribution in [1.82, 2.24) is 0 Å². The number of aldehydes is 1. The molecule has 0 aliphatic heterocycles. The number of alkyl halides is 2. The quantitative estimate of drug-likeness (QED) is 0.489. The molecule has 0 aliphatic rings. The Labute approximate surface area is 69.7 Å². The van der Waals surface area contributed by atoms with Gasteiger partial charge in [-0.1, -0.05) is 0 Å². The average Bonchev–Trinajstić information content (AvgIpc) is 1.87. The molecule has 0 aromatic carbocycles. The highest BCUT2D eigenvalue weighted by Gasteiger charge is 2.23. The molecule has 0 N–H and O–H groups in total. The molecule has 0 radical (unpaired) electrons. The molecule has 0 heterocycles. The number of carbonyl (C=O) groups excluding carboxylic acids is 1. The minimum atomic E-state index is -1.02. The summed E-state index contributed by atoms with van der Waals surface area (Å²) < 4.78 is 0. The van der Waals surface area contributed by atoms with Gasteiger partial charge in [0.25, 0.3) is 0 Å². The maximum absolute atomic E-state index is 10.00. The van der Waals surface area contributed by atoms with Crippen LogP contribution in [0, 0.1) is 11.3 Å². The number of rotatable bonds is 3. The van der Waals surface area contributed by atoms with E-state index in [1.54, 1.807) is 0 Å². The highest BCUT2D eigenvalue weighted by atomic mass is 35.5. The van der Waals surface area contributed by atoms with Crippen molar-refractivity contribution in [2.24, 2.45) is 0 Å². The van der Waals surface area contributed by atoms with Crippen LogP contribution in [0.25, 0.3) is 0 Å². The van der Waals surface area contributed by atoms with Crippen LogP contribution in [-0.4, -0.2) is 16.5 Å². The van der Waals surface area contributed by atoms with E-state index in [4.69, 9.17) is 28.5 Å². The Morgan fingerprint density at radius 3 is 2.70 bits per heavy atom. The molecule has 0 amide bonds. The normalized spacial score (nSPS) is 18.6. The fraction of sp³-hybridized carbons (Fsp3) is 0.667. The molecule has 2 atom stereocenters. The predicted molar refractivity (Wildman–Crippen MR) is 40.2 cm³/mol. The average molecular weight is 180 g/mol. The molecule has 10 heavy (non-hydrogen) atoms. The Hall–Kier alpha value is -0.260. The summed E-state index contributed by atoms with van der Waals surface area (Å²) in [5.41, 5.74) is 0. The lowest BCUT2D eigenvalue weighted by Gasteiger charge is -2.11. The topological polar surface area (TPSA) is 40.9 Å². The largest absolute Gasteiger partial charge is 0.302 e. The molecule has 0 spiro atoms. The summed E-state index contributed by atoms with van der Waals surface area (Å²) in [7, 11) is 0. The van der Waals surface area contributed by atoms with Crippen molar-refractivity contribution in [3.63, 3.8) is 0 Å². The number of carbonyl (C=O) groups is 1. The van der Waals surface area contributed by atoms with Crippen LogP contribution >= 0.6 is 23.2 Å². The molecule has 2 unspecified atom stereocenters. The van der Waals surface area contributed by atoms with Gasteiger partial charge >= 0.3 is 0 Å². The van der Waals surface area contributed by atoms with Gasteiger partial charge in [0.2, 0.25) is 0 Å². The summed E-state index contributed by atoms with van der Waals surface area (Å²) in [6.45, 7) is 1.52. The number of hydrogen-bond donors (Lipinski definition) is 0. The van der Waals surface area contributed by atoms with Gasteiger partial charge in [0.1, 0.15) is 11.2 Å². The van der Waals surface area contributed by atoms with Crippen LogP contribution in [0.4, 0.5) is 0 Å². The van der Waals surface area contributed by atoms with Gasteiger partial charge in [-0.3, -0.25) is 0 Å². The van der Waals surface area contributed by atoms with E-state index in [1.807, 2.05) is 6.07 Å². The molecular formula is C6H7Cl2NO. The lowest BCUT2D eigenvalue weighted by atomic mass is 10.1. The lowest BCUT2D eigenvalue weighted by Crippen LogP contribution is -2.19. The summed E-state index contributed by atoms with van der Waals surface area (Å²) in [6, 6.07) is 1.83. The highest BCUT2D eigenvalue weighted by Crippen LogP contribution is 2.21. The number of nitriles is 1. The first-order chi connectivity index (χ1) is 4.52. The van der Waals surface area contributed by atoms with Crippen LogP contribution in [-0.2, 0) is 4.79 Å². The van der Waals surface area contributed by atoms with E-state index in [9.17, 15) is 4.79 Å². The Morgan fingerprint density at radius 1 is 1.90 bits per heavy atom. The molecule has 0 saturated carbocycles. The van der Waals surface area contributed by atoms with Crippen LogP contribution in [0.15, 0.2) is 0 Å². The molecule has 0 rings (SSSR count). The van der Waals surface area contributed by atoms with Gasteiger partial charge in [-0.2, -0.15) is 5.26 Å². The third-order valence-corrected chi connectivity index (χ3v) is 1.46. The minimum Gasteiger partial charge on any atom is -0.302 e. The van der Waals surface area contributed by atoms with E-state index in [0.717, 1.165) is 0 Å². The fourth-order valence-electron chi connectivity index (χ4n) is 0.460. The summed E-state index contributed by atoms with van der Waals surface area (Å²) in [6.07, 6.45) is 0.746. The van der Waals surface area contributed by atoms with Crippen LogP contribution in [0.1, 0.15) is 13.3 Å². The monoisotopic (exact) mass is 179 g/mol. The Bertz CT molecular complexity index is 162. The van der Waals surface area contributed by atoms with E-state index in [0.29, 0.717) is 6.29 Å². The highest BCUT2D eigenvalue weighted by molar-refractivity contribution is 6.30. The summed E-state index contributed by atoms with van der Waals surface area (Å²) in [5, 5.41) is 7.72. The maximum atomic E-state index is 10.00. The van der Waals surface area contributed by atoms with Crippen molar-refractivity contribution in [3.05, 3.63) is 0 Å². The van der Waals surface area contributed by atoms with Crippen molar-refractivity contribution in [3.8, 4) is 6.07 Å². The lowest BCUT2D eigenvalue weighted by molar-refractivity contribution is -0.107. The van der Waals surface area contributed by atoms with Crippen molar-refractivity contribution in [2.75, 3.05) is 0 Å². The summed E-state index contributed by atoms with van der Waals surface area (Å²) in [4.78, 5) is 8.98. The zero-order valence-electron chi connectivity index (χ0n) is 5.47. The first-order valence-electron chi connectivity index (χ1n) is 2.71. The third kappa shape index (κ3) is 3.71. The maximum Gasteiger partial charge on any atom is 0.137 e. The zero-order chi connectivity index (χ0) is 8.20. The molecule has 0 bridgehead atoms. The molecule has 0 fully saturated rings. The van der Waals surface area contributed by atoms with Gasteiger partial charge in [-0.05, 0) is 6.92 Å². The van der Waals surface area contributed by atoms with Gasteiger partial charge in [0.15, 0.2) is 0 Å². The minimum absolute atomic E-state index is 0.177. The van der Waals surface area contributed by atoms with Gasteiger partial charge in [-0.15, -0.1) is 23.2 Å². The van der Waals surface area contributed by atoms with Crippen molar-refractivity contribution >= 4 is 29.5 Å². The first-order valence-corrected chi connectivity index (χ1v) is 3.53. The molecule has 0 aliphatic carbocycles. The smallest absolute Gasteiger partial charge is 0.137 e. The van der Waals surface area contributed by atoms with Gasteiger partial charge < -0.3 is 4.79 Å². The number of nitrogens with zero attached hydrogens (tertiary/aromatic N) is 1.